The van der Waals surface area contributed by atoms with Crippen molar-refractivity contribution < 1.29 is 0 Å². The summed E-state index contributed by atoms with van der Waals surface area (Å²) in [7, 11) is 2.09. The molecule has 1 aromatic heterocycles. The van der Waals surface area contributed by atoms with E-state index in [1.54, 1.807) is 11.3 Å². The first kappa shape index (κ1) is 14.1. The van der Waals surface area contributed by atoms with Crippen molar-refractivity contribution in [1.82, 2.24) is 0 Å². The summed E-state index contributed by atoms with van der Waals surface area (Å²) in [5.74, 6) is 0. The molecule has 0 radical (unpaired) electrons. The molecule has 0 atom stereocenters. The molecule has 0 unspecified atom stereocenters. The minimum atomic E-state index is 0.560. The quantitative estimate of drug-likeness (QED) is 0.841. The minimum Gasteiger partial charge on any atom is -0.369 e. The molecule has 2 N–H and O–H groups in total. The molecule has 2 rings (SSSR count). The third kappa shape index (κ3) is 3.57. The normalized spacial score (nSPS) is 10.7. The zero-order valence-electron chi connectivity index (χ0n) is 9.99. The predicted molar refractivity (Wildman–Crippen MR) is 86.2 cm³/mol. The number of benzene rings is 1. The Morgan fingerprint density at radius 1 is 1.17 bits per heavy atom. The molecule has 96 valence electrons. The Balaban J connectivity index is 2.17. The minimum absolute atomic E-state index is 0.560. The summed E-state index contributed by atoms with van der Waals surface area (Å²) in [6.45, 7) is 1.46. The first-order valence-electron chi connectivity index (χ1n) is 5.52. The van der Waals surface area contributed by atoms with Crippen molar-refractivity contribution in [3.05, 3.63) is 49.0 Å². The van der Waals surface area contributed by atoms with Gasteiger partial charge in [0.2, 0.25) is 0 Å². The Bertz CT molecular complexity index is 540. The molecule has 0 bridgehead atoms. The molecule has 0 fully saturated rings. The SMILES string of the molecule is CN(Cc1cc(Br)cs1)c1cc(Br)cc(CN)c1. The number of hydrogen-bond donors (Lipinski definition) is 1. The van der Waals surface area contributed by atoms with Crippen molar-refractivity contribution in [1.29, 1.82) is 0 Å². The van der Waals surface area contributed by atoms with Gasteiger partial charge in [0.1, 0.15) is 0 Å². The van der Waals surface area contributed by atoms with E-state index in [1.807, 2.05) is 0 Å². The van der Waals surface area contributed by atoms with Crippen LogP contribution in [-0.4, -0.2) is 7.05 Å². The number of thiophene rings is 1. The van der Waals surface area contributed by atoms with Crippen LogP contribution in [0, 0.1) is 0 Å². The van der Waals surface area contributed by atoms with E-state index in [4.69, 9.17) is 5.73 Å². The van der Waals surface area contributed by atoms with Gasteiger partial charge in [-0.15, -0.1) is 11.3 Å². The van der Waals surface area contributed by atoms with Crippen molar-refractivity contribution >= 4 is 48.9 Å². The maximum atomic E-state index is 5.70. The molecule has 18 heavy (non-hydrogen) atoms. The van der Waals surface area contributed by atoms with Gasteiger partial charge < -0.3 is 10.6 Å². The van der Waals surface area contributed by atoms with Gasteiger partial charge in [-0.3, -0.25) is 0 Å². The lowest BCUT2D eigenvalue weighted by atomic mass is 10.2. The van der Waals surface area contributed by atoms with E-state index in [1.165, 1.54) is 10.6 Å². The summed E-state index contributed by atoms with van der Waals surface area (Å²) in [6, 6.07) is 8.46. The van der Waals surface area contributed by atoms with Crippen LogP contribution in [0.15, 0.2) is 38.6 Å². The maximum Gasteiger partial charge on any atom is 0.0519 e. The van der Waals surface area contributed by atoms with Crippen LogP contribution in [-0.2, 0) is 13.1 Å². The molecule has 0 aliphatic carbocycles. The summed E-state index contributed by atoms with van der Waals surface area (Å²) < 4.78 is 2.22. The number of nitrogens with zero attached hydrogens (tertiary/aromatic N) is 1. The average molecular weight is 390 g/mol. The summed E-state index contributed by atoms with van der Waals surface area (Å²) in [6.07, 6.45) is 0. The van der Waals surface area contributed by atoms with Crippen molar-refractivity contribution in [3.8, 4) is 0 Å². The second-order valence-electron chi connectivity index (χ2n) is 4.11. The molecule has 0 spiro atoms. The fourth-order valence-corrected chi connectivity index (χ4v) is 3.77. The molecule has 2 nitrogen and oxygen atoms in total. The number of anilines is 1. The van der Waals surface area contributed by atoms with Gasteiger partial charge >= 0.3 is 0 Å². The molecular weight excluding hydrogens is 376 g/mol. The van der Waals surface area contributed by atoms with Crippen molar-refractivity contribution in [2.75, 3.05) is 11.9 Å². The largest absolute Gasteiger partial charge is 0.369 e. The smallest absolute Gasteiger partial charge is 0.0519 e. The second-order valence-corrected chi connectivity index (χ2v) is 6.94. The Hall–Kier alpha value is -0.360. The molecule has 0 saturated carbocycles. The molecule has 0 aliphatic heterocycles. The van der Waals surface area contributed by atoms with Gasteiger partial charge in [-0.1, -0.05) is 15.9 Å². The maximum absolute atomic E-state index is 5.70. The highest BCUT2D eigenvalue weighted by molar-refractivity contribution is 9.10. The second kappa shape index (κ2) is 6.19. The fourth-order valence-electron chi connectivity index (χ4n) is 1.73. The van der Waals surface area contributed by atoms with Gasteiger partial charge in [0.15, 0.2) is 0 Å². The van der Waals surface area contributed by atoms with Crippen molar-refractivity contribution in [2.24, 2.45) is 5.73 Å². The molecule has 2 aromatic rings. The monoisotopic (exact) mass is 388 g/mol. The first-order valence-corrected chi connectivity index (χ1v) is 7.98. The van der Waals surface area contributed by atoms with Gasteiger partial charge in [-0.2, -0.15) is 0 Å². The van der Waals surface area contributed by atoms with E-state index >= 15 is 0 Å². The van der Waals surface area contributed by atoms with Crippen LogP contribution in [0.2, 0.25) is 0 Å². The topological polar surface area (TPSA) is 29.3 Å². The van der Waals surface area contributed by atoms with E-state index < -0.39 is 0 Å². The zero-order valence-corrected chi connectivity index (χ0v) is 14.0. The molecule has 0 saturated heterocycles. The lowest BCUT2D eigenvalue weighted by Gasteiger charge is -2.19. The third-order valence-electron chi connectivity index (χ3n) is 2.63. The fraction of sp³-hybridized carbons (Fsp3) is 0.231. The van der Waals surface area contributed by atoms with Crippen LogP contribution in [0.1, 0.15) is 10.4 Å². The third-order valence-corrected chi connectivity index (χ3v) is 4.77. The lowest BCUT2D eigenvalue weighted by Crippen LogP contribution is -2.16. The van der Waals surface area contributed by atoms with Gasteiger partial charge in [0, 0.05) is 38.5 Å². The molecule has 5 heteroatoms. The van der Waals surface area contributed by atoms with Gasteiger partial charge in [0.05, 0.1) is 6.54 Å². The van der Waals surface area contributed by atoms with E-state index in [9.17, 15) is 0 Å². The Morgan fingerprint density at radius 3 is 2.56 bits per heavy atom. The highest BCUT2D eigenvalue weighted by atomic mass is 79.9. The van der Waals surface area contributed by atoms with Crippen LogP contribution < -0.4 is 10.6 Å². The summed E-state index contributed by atoms with van der Waals surface area (Å²) in [4.78, 5) is 3.56. The summed E-state index contributed by atoms with van der Waals surface area (Å²) in [5, 5.41) is 2.11. The number of halogens is 2. The molecular formula is C13H14Br2N2S. The van der Waals surface area contributed by atoms with Crippen molar-refractivity contribution in [3.63, 3.8) is 0 Å². The van der Waals surface area contributed by atoms with Crippen LogP contribution in [0.3, 0.4) is 0 Å². The lowest BCUT2D eigenvalue weighted by molar-refractivity contribution is 0.934. The van der Waals surface area contributed by atoms with Crippen LogP contribution >= 0.6 is 43.2 Å². The first-order chi connectivity index (χ1) is 8.58. The van der Waals surface area contributed by atoms with E-state index in [0.717, 1.165) is 21.1 Å². The number of nitrogens with two attached hydrogens (primary N) is 1. The van der Waals surface area contributed by atoms with Crippen molar-refractivity contribution in [2.45, 2.75) is 13.1 Å². The van der Waals surface area contributed by atoms with Crippen LogP contribution in [0.4, 0.5) is 5.69 Å². The summed E-state index contributed by atoms with van der Waals surface area (Å²) >= 11 is 8.77. The van der Waals surface area contributed by atoms with Gasteiger partial charge in [-0.25, -0.2) is 0 Å². The van der Waals surface area contributed by atoms with E-state index in [-0.39, 0.29) is 0 Å². The Labute approximate surface area is 128 Å². The summed E-state index contributed by atoms with van der Waals surface area (Å²) in [5.41, 5.74) is 8.01. The van der Waals surface area contributed by atoms with Gasteiger partial charge in [0.25, 0.3) is 0 Å². The molecule has 0 aliphatic rings. The number of hydrogen-bond acceptors (Lipinski definition) is 3. The van der Waals surface area contributed by atoms with E-state index in [2.05, 4.69) is 73.5 Å². The Kier molecular flexibility index (Phi) is 4.84. The van der Waals surface area contributed by atoms with E-state index in [0.29, 0.717) is 6.54 Å². The highest BCUT2D eigenvalue weighted by Gasteiger charge is 2.06. The average Bonchev–Trinajstić information content (AvgIpc) is 2.73. The van der Waals surface area contributed by atoms with Gasteiger partial charge in [-0.05, 0) is 45.8 Å². The molecule has 0 amide bonds. The highest BCUT2D eigenvalue weighted by Crippen LogP contribution is 2.26. The van der Waals surface area contributed by atoms with Crippen LogP contribution in [0.25, 0.3) is 0 Å². The zero-order chi connectivity index (χ0) is 13.1. The molecule has 1 heterocycles. The number of rotatable bonds is 4. The van der Waals surface area contributed by atoms with Crippen LogP contribution in [0.5, 0.6) is 0 Å². The molecule has 1 aromatic carbocycles. The predicted octanol–water partition coefficient (Wildman–Crippen LogP) is 4.37. The Morgan fingerprint density at radius 2 is 1.94 bits per heavy atom. The standard InChI is InChI=1S/C13H14Br2N2S/c1-17(7-13-5-11(15)8-18-13)12-3-9(6-16)2-10(14)4-12/h2-5,8H,6-7,16H2,1H3.